The Morgan fingerprint density at radius 3 is 2.80 bits per heavy atom. The Morgan fingerprint density at radius 1 is 1.20 bits per heavy atom. The molecule has 0 bridgehead atoms. The van der Waals surface area contributed by atoms with E-state index < -0.39 is 0 Å². The van der Waals surface area contributed by atoms with E-state index in [1.807, 2.05) is 54.6 Å². The third kappa shape index (κ3) is 2.64. The molecule has 20 heavy (non-hydrogen) atoms. The molecule has 0 fully saturated rings. The number of rotatable bonds is 2. The first-order valence-electron chi connectivity index (χ1n) is 5.99. The van der Waals surface area contributed by atoms with Gasteiger partial charge in [0.2, 0.25) is 0 Å². The molecule has 0 saturated carbocycles. The van der Waals surface area contributed by atoms with Gasteiger partial charge in [0, 0.05) is 4.47 Å². The van der Waals surface area contributed by atoms with E-state index >= 15 is 0 Å². The van der Waals surface area contributed by atoms with Crippen LogP contribution in [0.25, 0.3) is 21.9 Å². The Kier molecular flexibility index (Phi) is 3.64. The Bertz CT molecular complexity index is 810. The molecule has 2 nitrogen and oxygen atoms in total. The molecule has 0 radical (unpaired) electrons. The fourth-order valence-electron chi connectivity index (χ4n) is 1.89. The van der Waals surface area contributed by atoms with Crippen molar-refractivity contribution in [3.05, 3.63) is 63.6 Å². The van der Waals surface area contributed by atoms with Crippen molar-refractivity contribution >= 4 is 49.1 Å². The number of aromatic nitrogens is 1. The molecular formula is C16H9BrN2S. The number of hydrogen-bond acceptors (Lipinski definition) is 3. The van der Waals surface area contributed by atoms with Crippen molar-refractivity contribution in [2.45, 2.75) is 0 Å². The van der Waals surface area contributed by atoms with E-state index in [-0.39, 0.29) is 0 Å². The standard InChI is InChI=1S/C16H9BrN2S/c17-13-5-3-4-11(9-13)8-12(10-18)16-19-14-6-1-2-7-15(14)20-16/h1-9H/b12-8+. The van der Waals surface area contributed by atoms with Gasteiger partial charge in [0.15, 0.2) is 0 Å². The third-order valence-electron chi connectivity index (χ3n) is 2.80. The molecule has 3 aromatic rings. The lowest BCUT2D eigenvalue weighted by molar-refractivity contribution is 1.43. The van der Waals surface area contributed by atoms with Crippen molar-refractivity contribution in [3.63, 3.8) is 0 Å². The van der Waals surface area contributed by atoms with Gasteiger partial charge in [-0.1, -0.05) is 40.2 Å². The smallest absolute Gasteiger partial charge is 0.135 e. The third-order valence-corrected chi connectivity index (χ3v) is 4.37. The summed E-state index contributed by atoms with van der Waals surface area (Å²) in [7, 11) is 0. The summed E-state index contributed by atoms with van der Waals surface area (Å²) >= 11 is 4.97. The van der Waals surface area contributed by atoms with Gasteiger partial charge in [0.25, 0.3) is 0 Å². The maximum absolute atomic E-state index is 9.37. The molecule has 0 unspecified atom stereocenters. The predicted molar refractivity (Wildman–Crippen MR) is 87.2 cm³/mol. The zero-order chi connectivity index (χ0) is 13.9. The molecule has 4 heteroatoms. The summed E-state index contributed by atoms with van der Waals surface area (Å²) in [6.07, 6.45) is 1.86. The Hall–Kier alpha value is -1.96. The maximum Gasteiger partial charge on any atom is 0.135 e. The van der Waals surface area contributed by atoms with Gasteiger partial charge in [-0.2, -0.15) is 5.26 Å². The average Bonchev–Trinajstić information content (AvgIpc) is 2.88. The van der Waals surface area contributed by atoms with Gasteiger partial charge in [0.05, 0.1) is 15.8 Å². The molecular weight excluding hydrogens is 332 g/mol. The van der Waals surface area contributed by atoms with Crippen molar-refractivity contribution in [1.82, 2.24) is 4.98 Å². The number of benzene rings is 2. The van der Waals surface area contributed by atoms with Crippen molar-refractivity contribution in [2.24, 2.45) is 0 Å². The van der Waals surface area contributed by atoms with Gasteiger partial charge in [-0.25, -0.2) is 4.98 Å². The molecule has 2 aromatic carbocycles. The minimum absolute atomic E-state index is 0.587. The van der Waals surface area contributed by atoms with Crippen LogP contribution in [0.5, 0.6) is 0 Å². The number of nitrogens with zero attached hydrogens (tertiary/aromatic N) is 2. The summed E-state index contributed by atoms with van der Waals surface area (Å²) in [6.45, 7) is 0. The number of hydrogen-bond donors (Lipinski definition) is 0. The van der Waals surface area contributed by atoms with Gasteiger partial charge in [-0.15, -0.1) is 11.3 Å². The number of thiazole rings is 1. The summed E-state index contributed by atoms with van der Waals surface area (Å²) in [4.78, 5) is 4.52. The number of para-hydroxylation sites is 1. The van der Waals surface area contributed by atoms with Crippen LogP contribution in [0.3, 0.4) is 0 Å². The SMILES string of the molecule is N#C/C(=C\c1cccc(Br)c1)c1nc2ccccc2s1. The molecule has 0 aliphatic rings. The van der Waals surface area contributed by atoms with E-state index in [9.17, 15) is 5.26 Å². The van der Waals surface area contributed by atoms with E-state index in [1.54, 1.807) is 0 Å². The van der Waals surface area contributed by atoms with Crippen molar-refractivity contribution in [1.29, 1.82) is 5.26 Å². The first-order valence-corrected chi connectivity index (χ1v) is 7.60. The van der Waals surface area contributed by atoms with Gasteiger partial charge >= 0.3 is 0 Å². The minimum atomic E-state index is 0.587. The zero-order valence-electron chi connectivity index (χ0n) is 10.4. The van der Waals surface area contributed by atoms with Crippen LogP contribution in [0, 0.1) is 11.3 Å². The van der Waals surface area contributed by atoms with E-state index in [0.717, 1.165) is 25.3 Å². The van der Waals surface area contributed by atoms with E-state index in [0.29, 0.717) is 5.57 Å². The van der Waals surface area contributed by atoms with Gasteiger partial charge in [-0.3, -0.25) is 0 Å². The molecule has 3 rings (SSSR count). The van der Waals surface area contributed by atoms with Crippen LogP contribution in [0.1, 0.15) is 10.6 Å². The molecule has 0 amide bonds. The predicted octanol–water partition coefficient (Wildman–Crippen LogP) is 5.12. The topological polar surface area (TPSA) is 36.7 Å². The van der Waals surface area contributed by atoms with Gasteiger partial charge in [-0.05, 0) is 35.9 Å². The molecule has 96 valence electrons. The van der Waals surface area contributed by atoms with E-state index in [4.69, 9.17) is 0 Å². The molecule has 0 aliphatic carbocycles. The fourth-order valence-corrected chi connectivity index (χ4v) is 3.24. The quantitative estimate of drug-likeness (QED) is 0.607. The normalized spacial score (nSPS) is 11.5. The average molecular weight is 341 g/mol. The maximum atomic E-state index is 9.37. The first-order chi connectivity index (χ1) is 9.76. The summed E-state index contributed by atoms with van der Waals surface area (Å²) < 4.78 is 2.09. The molecule has 1 heterocycles. The summed E-state index contributed by atoms with van der Waals surface area (Å²) in [6, 6.07) is 18.0. The van der Waals surface area contributed by atoms with Crippen LogP contribution in [0.15, 0.2) is 53.0 Å². The van der Waals surface area contributed by atoms with Crippen LogP contribution < -0.4 is 0 Å². The lowest BCUT2D eigenvalue weighted by atomic mass is 10.1. The lowest BCUT2D eigenvalue weighted by Crippen LogP contribution is -1.80. The molecule has 0 saturated heterocycles. The lowest BCUT2D eigenvalue weighted by Gasteiger charge is -1.96. The monoisotopic (exact) mass is 340 g/mol. The van der Waals surface area contributed by atoms with Crippen LogP contribution >= 0.6 is 27.3 Å². The summed E-state index contributed by atoms with van der Waals surface area (Å²) in [5.74, 6) is 0. The van der Waals surface area contributed by atoms with Crippen molar-refractivity contribution < 1.29 is 0 Å². The van der Waals surface area contributed by atoms with Crippen LogP contribution in [0.2, 0.25) is 0 Å². The Morgan fingerprint density at radius 2 is 2.05 bits per heavy atom. The fraction of sp³-hybridized carbons (Fsp3) is 0. The highest BCUT2D eigenvalue weighted by Gasteiger charge is 2.08. The van der Waals surface area contributed by atoms with Crippen molar-refractivity contribution in [3.8, 4) is 6.07 Å². The number of nitriles is 1. The number of fused-ring (bicyclic) bond motifs is 1. The largest absolute Gasteiger partial charge is 0.235 e. The summed E-state index contributed by atoms with van der Waals surface area (Å²) in [5.41, 5.74) is 2.50. The molecule has 0 aliphatic heterocycles. The minimum Gasteiger partial charge on any atom is -0.235 e. The van der Waals surface area contributed by atoms with E-state index in [1.165, 1.54) is 11.3 Å². The zero-order valence-corrected chi connectivity index (χ0v) is 12.8. The second-order valence-electron chi connectivity index (χ2n) is 4.21. The summed E-state index contributed by atoms with van der Waals surface area (Å²) in [5, 5.41) is 10.1. The van der Waals surface area contributed by atoms with E-state index in [2.05, 4.69) is 27.0 Å². The Balaban J connectivity index is 2.07. The van der Waals surface area contributed by atoms with Gasteiger partial charge < -0.3 is 0 Å². The first kappa shape index (κ1) is 13.0. The molecule has 0 atom stereocenters. The second-order valence-corrected chi connectivity index (χ2v) is 6.16. The van der Waals surface area contributed by atoms with Crippen LogP contribution in [-0.4, -0.2) is 4.98 Å². The van der Waals surface area contributed by atoms with Crippen LogP contribution in [0.4, 0.5) is 0 Å². The Labute approximate surface area is 129 Å². The molecule has 1 aromatic heterocycles. The highest BCUT2D eigenvalue weighted by Crippen LogP contribution is 2.28. The number of halogens is 1. The number of allylic oxidation sites excluding steroid dienone is 1. The second kappa shape index (κ2) is 5.58. The van der Waals surface area contributed by atoms with Gasteiger partial charge in [0.1, 0.15) is 11.1 Å². The molecule has 0 spiro atoms. The van der Waals surface area contributed by atoms with Crippen LogP contribution in [-0.2, 0) is 0 Å². The highest BCUT2D eigenvalue weighted by molar-refractivity contribution is 9.10. The van der Waals surface area contributed by atoms with Crippen molar-refractivity contribution in [2.75, 3.05) is 0 Å². The highest BCUT2D eigenvalue weighted by atomic mass is 79.9. The molecule has 0 N–H and O–H groups in total.